The summed E-state index contributed by atoms with van der Waals surface area (Å²) in [5.41, 5.74) is 0. The standard InChI is InChI=1S/C15H29N2O3P/c1-12(2)17(13(3)4)21(18-10-6-9-16)19-11-15-8-7-14(5)20-15/h12-15H,6-8,10-11H2,1-5H3. The van der Waals surface area contributed by atoms with Crippen LogP contribution in [0.2, 0.25) is 0 Å². The van der Waals surface area contributed by atoms with E-state index in [1.807, 2.05) is 0 Å². The Kier molecular flexibility index (Phi) is 8.70. The van der Waals surface area contributed by atoms with Gasteiger partial charge in [0.15, 0.2) is 0 Å². The Labute approximate surface area is 130 Å². The molecule has 0 aromatic heterocycles. The predicted octanol–water partition coefficient (Wildman–Crippen LogP) is 3.85. The lowest BCUT2D eigenvalue weighted by atomic mass is 10.2. The predicted molar refractivity (Wildman–Crippen MR) is 84.7 cm³/mol. The summed E-state index contributed by atoms with van der Waals surface area (Å²) >= 11 is 0. The highest BCUT2D eigenvalue weighted by Gasteiger charge is 2.29. The minimum atomic E-state index is -1.14. The topological polar surface area (TPSA) is 54.7 Å². The van der Waals surface area contributed by atoms with Gasteiger partial charge in [0.25, 0.3) is 8.53 Å². The first-order chi connectivity index (χ1) is 9.95. The van der Waals surface area contributed by atoms with Gasteiger partial charge in [0.05, 0.1) is 37.9 Å². The Morgan fingerprint density at radius 3 is 2.38 bits per heavy atom. The number of ether oxygens (including phenoxy) is 1. The molecular weight excluding hydrogens is 287 g/mol. The van der Waals surface area contributed by atoms with Gasteiger partial charge in [-0.3, -0.25) is 0 Å². The summed E-state index contributed by atoms with van der Waals surface area (Å²) in [6, 6.07) is 2.78. The van der Waals surface area contributed by atoms with Crippen LogP contribution in [0.25, 0.3) is 0 Å². The van der Waals surface area contributed by atoms with Crippen LogP contribution in [0.4, 0.5) is 0 Å². The molecule has 1 heterocycles. The van der Waals surface area contributed by atoms with Gasteiger partial charge < -0.3 is 13.8 Å². The second-order valence-corrected chi connectivity index (χ2v) is 7.44. The van der Waals surface area contributed by atoms with Gasteiger partial charge in [-0.1, -0.05) is 0 Å². The molecule has 3 unspecified atom stereocenters. The molecule has 1 aliphatic heterocycles. The largest absolute Gasteiger partial charge is 0.373 e. The maximum absolute atomic E-state index is 8.67. The van der Waals surface area contributed by atoms with Gasteiger partial charge in [-0.15, -0.1) is 0 Å². The van der Waals surface area contributed by atoms with Gasteiger partial charge in [0.2, 0.25) is 0 Å². The molecule has 0 N–H and O–H groups in total. The smallest absolute Gasteiger partial charge is 0.259 e. The minimum absolute atomic E-state index is 0.172. The second kappa shape index (κ2) is 9.71. The zero-order chi connectivity index (χ0) is 15.8. The molecule has 3 atom stereocenters. The van der Waals surface area contributed by atoms with Crippen molar-refractivity contribution in [2.45, 2.75) is 78.2 Å². The monoisotopic (exact) mass is 316 g/mol. The summed E-state index contributed by atoms with van der Waals surface area (Å²) < 4.78 is 19.9. The van der Waals surface area contributed by atoms with E-state index in [9.17, 15) is 0 Å². The molecule has 0 saturated carbocycles. The molecule has 5 nitrogen and oxygen atoms in total. The highest BCUT2D eigenvalue weighted by atomic mass is 31.2. The molecule has 1 rings (SSSR count). The van der Waals surface area contributed by atoms with Crippen LogP contribution in [0, 0.1) is 11.3 Å². The van der Waals surface area contributed by atoms with Crippen molar-refractivity contribution in [2.24, 2.45) is 0 Å². The first-order valence-corrected chi connectivity index (χ1v) is 8.95. The van der Waals surface area contributed by atoms with Crippen LogP contribution in [0.3, 0.4) is 0 Å². The van der Waals surface area contributed by atoms with E-state index in [0.717, 1.165) is 12.8 Å². The van der Waals surface area contributed by atoms with Gasteiger partial charge >= 0.3 is 0 Å². The minimum Gasteiger partial charge on any atom is -0.373 e. The fraction of sp³-hybridized carbons (Fsp3) is 0.933. The van der Waals surface area contributed by atoms with Crippen LogP contribution in [0.15, 0.2) is 0 Å². The average Bonchev–Trinajstić information content (AvgIpc) is 2.80. The first-order valence-electron chi connectivity index (χ1n) is 7.82. The molecule has 0 aromatic rings. The normalized spacial score (nSPS) is 24.0. The number of nitrogens with zero attached hydrogens (tertiary/aromatic N) is 2. The summed E-state index contributed by atoms with van der Waals surface area (Å²) in [6.07, 6.45) is 3.04. The lowest BCUT2D eigenvalue weighted by Gasteiger charge is -2.35. The summed E-state index contributed by atoms with van der Waals surface area (Å²) in [6.45, 7) is 11.6. The number of rotatable bonds is 9. The Morgan fingerprint density at radius 1 is 1.24 bits per heavy atom. The van der Waals surface area contributed by atoms with E-state index in [1.165, 1.54) is 0 Å². The molecule has 0 aromatic carbocycles. The molecule has 0 radical (unpaired) electrons. The van der Waals surface area contributed by atoms with Crippen molar-refractivity contribution in [1.29, 1.82) is 5.26 Å². The van der Waals surface area contributed by atoms with Gasteiger partial charge in [0.1, 0.15) is 0 Å². The van der Waals surface area contributed by atoms with Gasteiger partial charge in [0, 0.05) is 12.1 Å². The third-order valence-corrected chi connectivity index (χ3v) is 5.43. The molecule has 21 heavy (non-hydrogen) atoms. The molecule has 1 aliphatic rings. The summed E-state index contributed by atoms with van der Waals surface area (Å²) in [7, 11) is -1.14. The van der Waals surface area contributed by atoms with Crippen molar-refractivity contribution in [3.05, 3.63) is 0 Å². The third kappa shape index (κ3) is 6.59. The van der Waals surface area contributed by atoms with E-state index in [0.29, 0.717) is 37.8 Å². The third-order valence-electron chi connectivity index (χ3n) is 3.35. The van der Waals surface area contributed by atoms with E-state index in [4.69, 9.17) is 19.0 Å². The van der Waals surface area contributed by atoms with Crippen LogP contribution in [-0.4, -0.2) is 42.2 Å². The summed E-state index contributed by atoms with van der Waals surface area (Å²) in [5, 5.41) is 8.67. The van der Waals surface area contributed by atoms with Crippen LogP contribution in [0.1, 0.15) is 53.9 Å². The molecule has 0 bridgehead atoms. The van der Waals surface area contributed by atoms with Crippen molar-refractivity contribution in [1.82, 2.24) is 4.67 Å². The zero-order valence-corrected chi connectivity index (χ0v) is 14.8. The van der Waals surface area contributed by atoms with Crippen molar-refractivity contribution in [3.8, 4) is 6.07 Å². The number of hydrogen-bond donors (Lipinski definition) is 0. The molecule has 122 valence electrons. The van der Waals surface area contributed by atoms with Crippen LogP contribution in [-0.2, 0) is 13.8 Å². The maximum Gasteiger partial charge on any atom is 0.259 e. The molecule has 0 amide bonds. The molecule has 0 aliphatic carbocycles. The highest BCUT2D eigenvalue weighted by molar-refractivity contribution is 7.44. The Balaban J connectivity index is 2.55. The SMILES string of the molecule is CC1CCC(COP(OCCC#N)N(C(C)C)C(C)C)O1. The first kappa shape index (κ1) is 18.8. The quantitative estimate of drug-likeness (QED) is 0.478. The van der Waals surface area contributed by atoms with E-state index < -0.39 is 8.53 Å². The molecular formula is C15H29N2O3P. The van der Waals surface area contributed by atoms with E-state index >= 15 is 0 Å². The van der Waals surface area contributed by atoms with Gasteiger partial charge in [-0.25, -0.2) is 4.67 Å². The lowest BCUT2D eigenvalue weighted by molar-refractivity contribution is 0.0211. The van der Waals surface area contributed by atoms with Gasteiger partial charge in [-0.2, -0.15) is 5.26 Å². The van der Waals surface area contributed by atoms with Crippen LogP contribution >= 0.6 is 8.53 Å². The molecule has 1 fully saturated rings. The lowest BCUT2D eigenvalue weighted by Crippen LogP contribution is -2.34. The molecule has 1 saturated heterocycles. The van der Waals surface area contributed by atoms with Crippen LogP contribution < -0.4 is 0 Å². The van der Waals surface area contributed by atoms with Crippen molar-refractivity contribution in [2.75, 3.05) is 13.2 Å². The van der Waals surface area contributed by atoms with E-state index in [1.54, 1.807) is 0 Å². The van der Waals surface area contributed by atoms with Crippen molar-refractivity contribution in [3.63, 3.8) is 0 Å². The van der Waals surface area contributed by atoms with E-state index in [2.05, 4.69) is 45.4 Å². The number of hydrogen-bond acceptors (Lipinski definition) is 5. The molecule has 0 spiro atoms. The van der Waals surface area contributed by atoms with E-state index in [-0.39, 0.29) is 6.10 Å². The highest BCUT2D eigenvalue weighted by Crippen LogP contribution is 2.46. The summed E-state index contributed by atoms with van der Waals surface area (Å²) in [4.78, 5) is 0. The van der Waals surface area contributed by atoms with Crippen LogP contribution in [0.5, 0.6) is 0 Å². The number of nitriles is 1. The summed E-state index contributed by atoms with van der Waals surface area (Å²) in [5.74, 6) is 0. The fourth-order valence-electron chi connectivity index (χ4n) is 2.47. The maximum atomic E-state index is 8.67. The zero-order valence-electron chi connectivity index (χ0n) is 13.9. The van der Waals surface area contributed by atoms with Crippen molar-refractivity contribution < 1.29 is 13.8 Å². The van der Waals surface area contributed by atoms with Gasteiger partial charge in [-0.05, 0) is 47.5 Å². The fourth-order valence-corrected chi connectivity index (χ4v) is 4.10. The Morgan fingerprint density at radius 2 is 1.90 bits per heavy atom. The average molecular weight is 316 g/mol. The van der Waals surface area contributed by atoms with Crippen molar-refractivity contribution >= 4 is 8.53 Å². The Hall–Kier alpha value is -0.240. The molecule has 6 heteroatoms. The second-order valence-electron chi connectivity index (χ2n) is 5.99. The Bertz CT molecular complexity index is 325.